The predicted molar refractivity (Wildman–Crippen MR) is 88.9 cm³/mol. The van der Waals surface area contributed by atoms with Gasteiger partial charge in [0, 0.05) is 23.9 Å². The van der Waals surface area contributed by atoms with Gasteiger partial charge in [-0.05, 0) is 18.2 Å². The van der Waals surface area contributed by atoms with Crippen LogP contribution < -0.4 is 14.8 Å². The summed E-state index contributed by atoms with van der Waals surface area (Å²) in [5.41, 5.74) is 0.758. The number of thiophene rings is 1. The minimum Gasteiger partial charge on any atom is -0.496 e. The quantitative estimate of drug-likeness (QED) is 0.795. The molecule has 0 bridgehead atoms. The van der Waals surface area contributed by atoms with Gasteiger partial charge in [0.25, 0.3) is 0 Å². The van der Waals surface area contributed by atoms with E-state index in [0.29, 0.717) is 12.3 Å². The molecule has 124 valence electrons. The molecule has 1 heterocycles. The fourth-order valence-electron chi connectivity index (χ4n) is 1.90. The van der Waals surface area contributed by atoms with E-state index in [1.165, 1.54) is 13.0 Å². The molecule has 0 radical (unpaired) electrons. The van der Waals surface area contributed by atoms with Gasteiger partial charge >= 0.3 is 0 Å². The van der Waals surface area contributed by atoms with Gasteiger partial charge in [-0.1, -0.05) is 18.2 Å². The van der Waals surface area contributed by atoms with Crippen LogP contribution in [0.25, 0.3) is 0 Å². The zero-order chi connectivity index (χ0) is 16.9. The molecule has 1 amide bonds. The normalized spacial score (nSPS) is 11.2. The molecule has 0 aliphatic heterocycles. The van der Waals surface area contributed by atoms with Crippen molar-refractivity contribution in [3.05, 3.63) is 46.8 Å². The summed E-state index contributed by atoms with van der Waals surface area (Å²) in [6.07, 6.45) is 0. The number of para-hydroxylation sites is 1. The lowest BCUT2D eigenvalue weighted by atomic mass is 10.2. The Labute approximate surface area is 139 Å². The van der Waals surface area contributed by atoms with Crippen LogP contribution >= 0.6 is 11.3 Å². The number of amides is 1. The Morgan fingerprint density at radius 2 is 1.91 bits per heavy atom. The van der Waals surface area contributed by atoms with E-state index in [0.717, 1.165) is 21.8 Å². The molecule has 0 aliphatic carbocycles. The number of hydrogen-bond donors (Lipinski definition) is 2. The topological polar surface area (TPSA) is 84.5 Å². The number of carbonyl (C=O) groups excluding carboxylic acids is 1. The highest BCUT2D eigenvalue weighted by Gasteiger charge is 2.17. The number of rotatable bonds is 7. The SMILES string of the molecule is COc1ccccc1CNS(=O)(=O)c1ccc(CNC(C)=O)s1. The van der Waals surface area contributed by atoms with Crippen LogP contribution in [0, 0.1) is 0 Å². The lowest BCUT2D eigenvalue weighted by Gasteiger charge is -2.09. The lowest BCUT2D eigenvalue weighted by molar-refractivity contribution is -0.119. The molecule has 23 heavy (non-hydrogen) atoms. The van der Waals surface area contributed by atoms with Gasteiger partial charge in [0.05, 0.1) is 13.7 Å². The van der Waals surface area contributed by atoms with Gasteiger partial charge in [-0.15, -0.1) is 11.3 Å². The van der Waals surface area contributed by atoms with Gasteiger partial charge in [0.1, 0.15) is 9.96 Å². The van der Waals surface area contributed by atoms with E-state index in [1.54, 1.807) is 25.3 Å². The minimum absolute atomic E-state index is 0.144. The van der Waals surface area contributed by atoms with Crippen LogP contribution in [-0.2, 0) is 27.9 Å². The van der Waals surface area contributed by atoms with Crippen LogP contribution in [0.5, 0.6) is 5.75 Å². The van der Waals surface area contributed by atoms with Crippen LogP contribution in [0.1, 0.15) is 17.4 Å². The maximum atomic E-state index is 12.3. The van der Waals surface area contributed by atoms with E-state index in [1.807, 2.05) is 12.1 Å². The standard InChI is InChI=1S/C15H18N2O4S2/c1-11(18)16-10-13-7-8-15(22-13)23(19,20)17-9-12-5-3-4-6-14(12)21-2/h3-8,17H,9-10H2,1-2H3,(H,16,18). The molecule has 0 saturated carbocycles. The molecule has 6 nitrogen and oxygen atoms in total. The first-order valence-electron chi connectivity index (χ1n) is 6.87. The van der Waals surface area contributed by atoms with Crippen LogP contribution in [0.3, 0.4) is 0 Å². The Morgan fingerprint density at radius 1 is 1.17 bits per heavy atom. The predicted octanol–water partition coefficient (Wildman–Crippen LogP) is 1.87. The maximum Gasteiger partial charge on any atom is 0.250 e. The Morgan fingerprint density at radius 3 is 2.61 bits per heavy atom. The maximum absolute atomic E-state index is 12.3. The summed E-state index contributed by atoms with van der Waals surface area (Å²) in [7, 11) is -2.06. The summed E-state index contributed by atoms with van der Waals surface area (Å²) >= 11 is 1.13. The Balaban J connectivity index is 2.05. The van der Waals surface area contributed by atoms with E-state index in [2.05, 4.69) is 10.0 Å². The molecule has 0 spiro atoms. The Kier molecular flexibility index (Phi) is 5.75. The van der Waals surface area contributed by atoms with Crippen molar-refractivity contribution in [2.45, 2.75) is 24.2 Å². The molecule has 0 saturated heterocycles. The van der Waals surface area contributed by atoms with Crippen molar-refractivity contribution in [1.82, 2.24) is 10.0 Å². The number of ether oxygens (including phenoxy) is 1. The first-order chi connectivity index (χ1) is 10.9. The monoisotopic (exact) mass is 354 g/mol. The van der Waals surface area contributed by atoms with Gasteiger partial charge in [0.2, 0.25) is 15.9 Å². The molecule has 0 fully saturated rings. The molecule has 0 aliphatic rings. The molecule has 0 unspecified atom stereocenters. The third-order valence-corrected chi connectivity index (χ3v) is 6.04. The number of hydrogen-bond acceptors (Lipinski definition) is 5. The van der Waals surface area contributed by atoms with Crippen LogP contribution in [0.4, 0.5) is 0 Å². The number of nitrogens with one attached hydrogen (secondary N) is 2. The van der Waals surface area contributed by atoms with Gasteiger partial charge in [-0.25, -0.2) is 13.1 Å². The van der Waals surface area contributed by atoms with Crippen molar-refractivity contribution in [3.63, 3.8) is 0 Å². The van der Waals surface area contributed by atoms with Crippen molar-refractivity contribution in [2.75, 3.05) is 7.11 Å². The second-order valence-corrected chi connectivity index (χ2v) is 7.93. The fraction of sp³-hybridized carbons (Fsp3) is 0.267. The molecule has 2 aromatic rings. The third kappa shape index (κ3) is 4.78. The number of carbonyl (C=O) groups is 1. The Bertz CT molecular complexity index is 784. The second-order valence-electron chi connectivity index (χ2n) is 4.77. The second kappa shape index (κ2) is 7.58. The van der Waals surface area contributed by atoms with Crippen molar-refractivity contribution in [1.29, 1.82) is 0 Å². The molecule has 1 aromatic heterocycles. The van der Waals surface area contributed by atoms with E-state index >= 15 is 0 Å². The number of sulfonamides is 1. The summed E-state index contributed by atoms with van der Waals surface area (Å²) < 4.78 is 32.6. The highest BCUT2D eigenvalue weighted by Crippen LogP contribution is 2.23. The van der Waals surface area contributed by atoms with Gasteiger partial charge < -0.3 is 10.1 Å². The van der Waals surface area contributed by atoms with Gasteiger partial charge in [0.15, 0.2) is 0 Å². The molecule has 2 N–H and O–H groups in total. The average Bonchev–Trinajstić information content (AvgIpc) is 3.01. The molecule has 8 heteroatoms. The van der Waals surface area contributed by atoms with E-state index in [9.17, 15) is 13.2 Å². The highest BCUT2D eigenvalue weighted by atomic mass is 32.2. The summed E-state index contributed by atoms with van der Waals surface area (Å²) in [5, 5.41) is 2.64. The van der Waals surface area contributed by atoms with E-state index in [4.69, 9.17) is 4.74 Å². The van der Waals surface area contributed by atoms with E-state index in [-0.39, 0.29) is 16.7 Å². The summed E-state index contributed by atoms with van der Waals surface area (Å²) in [6, 6.07) is 10.5. The highest BCUT2D eigenvalue weighted by molar-refractivity contribution is 7.91. The fourth-order valence-corrected chi connectivity index (χ4v) is 4.25. The van der Waals surface area contributed by atoms with Crippen molar-refractivity contribution < 1.29 is 17.9 Å². The van der Waals surface area contributed by atoms with Crippen LogP contribution in [0.2, 0.25) is 0 Å². The van der Waals surface area contributed by atoms with Crippen LogP contribution in [-0.4, -0.2) is 21.4 Å². The van der Waals surface area contributed by atoms with E-state index < -0.39 is 10.0 Å². The zero-order valence-electron chi connectivity index (χ0n) is 12.8. The zero-order valence-corrected chi connectivity index (χ0v) is 14.5. The summed E-state index contributed by atoms with van der Waals surface area (Å²) in [4.78, 5) is 11.7. The van der Waals surface area contributed by atoms with Crippen LogP contribution in [0.15, 0.2) is 40.6 Å². The van der Waals surface area contributed by atoms with Gasteiger partial charge in [-0.2, -0.15) is 0 Å². The molecular weight excluding hydrogens is 336 g/mol. The molecular formula is C15H18N2O4S2. The number of benzene rings is 1. The molecule has 0 atom stereocenters. The van der Waals surface area contributed by atoms with Crippen molar-refractivity contribution in [3.8, 4) is 5.75 Å². The minimum atomic E-state index is -3.60. The Hall–Kier alpha value is -1.90. The largest absolute Gasteiger partial charge is 0.496 e. The van der Waals surface area contributed by atoms with Crippen molar-refractivity contribution in [2.24, 2.45) is 0 Å². The smallest absolute Gasteiger partial charge is 0.250 e. The first-order valence-corrected chi connectivity index (χ1v) is 9.17. The molecule has 2 rings (SSSR count). The average molecular weight is 354 g/mol. The van der Waals surface area contributed by atoms with Crippen molar-refractivity contribution >= 4 is 27.3 Å². The number of methoxy groups -OCH3 is 1. The third-order valence-electron chi connectivity index (χ3n) is 3.06. The van der Waals surface area contributed by atoms with Gasteiger partial charge in [-0.3, -0.25) is 4.79 Å². The molecule has 1 aromatic carbocycles. The first kappa shape index (κ1) is 17.5. The summed E-state index contributed by atoms with van der Waals surface area (Å²) in [5.74, 6) is 0.477. The lowest BCUT2D eigenvalue weighted by Crippen LogP contribution is -2.22. The summed E-state index contributed by atoms with van der Waals surface area (Å²) in [6.45, 7) is 1.88.